The third kappa shape index (κ3) is 6.18. The smallest absolute Gasteiger partial charge is 0.222 e. The first-order valence-electron chi connectivity index (χ1n) is 9.61. The van der Waals surface area contributed by atoms with Crippen molar-refractivity contribution in [3.05, 3.63) is 29.8 Å². The van der Waals surface area contributed by atoms with Crippen molar-refractivity contribution >= 4 is 17.4 Å². The van der Waals surface area contributed by atoms with Crippen molar-refractivity contribution in [2.75, 3.05) is 31.1 Å². The Balaban J connectivity index is 1.71. The molecule has 1 saturated heterocycles. The number of amides is 1. The third-order valence-corrected chi connectivity index (χ3v) is 4.94. The Hall–Kier alpha value is -1.84. The summed E-state index contributed by atoms with van der Waals surface area (Å²) in [5.74, 6) is 1.15. The van der Waals surface area contributed by atoms with Crippen LogP contribution in [0, 0.1) is 5.92 Å². The van der Waals surface area contributed by atoms with Gasteiger partial charge in [-0.25, -0.2) is 0 Å². The largest absolute Gasteiger partial charge is 0.368 e. The van der Waals surface area contributed by atoms with Crippen LogP contribution in [-0.2, 0) is 4.79 Å². The van der Waals surface area contributed by atoms with Gasteiger partial charge in [-0.2, -0.15) is 0 Å². The number of rotatable bonds is 8. The number of unbranched alkanes of at least 4 members (excludes halogenated alkanes) is 2. The summed E-state index contributed by atoms with van der Waals surface area (Å²) in [5, 5.41) is 0. The Morgan fingerprint density at radius 3 is 2.16 bits per heavy atom. The standard InChI is InChI=1S/C21H32N2O2/c1-17(2)7-5-4-6-8-21(25)23-15-13-22(14-16-23)20-11-9-19(10-12-20)18(3)24/h9-12,17H,4-8,13-16H2,1-3H3. The molecule has 0 spiro atoms. The van der Waals surface area contributed by atoms with Gasteiger partial charge in [0, 0.05) is 43.9 Å². The van der Waals surface area contributed by atoms with Crippen LogP contribution in [0.4, 0.5) is 5.69 Å². The third-order valence-electron chi connectivity index (χ3n) is 4.94. The monoisotopic (exact) mass is 344 g/mol. The van der Waals surface area contributed by atoms with Crippen LogP contribution in [0.5, 0.6) is 0 Å². The first-order valence-corrected chi connectivity index (χ1v) is 9.61. The normalized spacial score (nSPS) is 14.9. The Bertz CT molecular complexity index is 558. The van der Waals surface area contributed by atoms with Crippen molar-refractivity contribution in [3.8, 4) is 0 Å². The van der Waals surface area contributed by atoms with Gasteiger partial charge in [0.15, 0.2) is 5.78 Å². The van der Waals surface area contributed by atoms with Gasteiger partial charge in [-0.15, -0.1) is 0 Å². The van der Waals surface area contributed by atoms with Gasteiger partial charge >= 0.3 is 0 Å². The number of piperazine rings is 1. The van der Waals surface area contributed by atoms with Gasteiger partial charge in [-0.3, -0.25) is 9.59 Å². The molecule has 138 valence electrons. The van der Waals surface area contributed by atoms with Crippen LogP contribution in [0.25, 0.3) is 0 Å². The van der Waals surface area contributed by atoms with E-state index in [4.69, 9.17) is 0 Å². The van der Waals surface area contributed by atoms with Crippen LogP contribution < -0.4 is 4.90 Å². The zero-order valence-corrected chi connectivity index (χ0v) is 16.0. The second kappa shape index (κ2) is 9.59. The minimum absolute atomic E-state index is 0.0929. The zero-order chi connectivity index (χ0) is 18.2. The van der Waals surface area contributed by atoms with Crippen molar-refractivity contribution in [1.82, 2.24) is 4.90 Å². The summed E-state index contributed by atoms with van der Waals surface area (Å²) in [5.41, 5.74) is 1.88. The fourth-order valence-corrected chi connectivity index (χ4v) is 3.28. The molecule has 0 aliphatic carbocycles. The van der Waals surface area contributed by atoms with Crippen LogP contribution in [0.3, 0.4) is 0 Å². The van der Waals surface area contributed by atoms with Crippen LogP contribution in [0.1, 0.15) is 63.2 Å². The molecule has 1 aromatic rings. The highest BCUT2D eigenvalue weighted by atomic mass is 16.2. The predicted octanol–water partition coefficient (Wildman–Crippen LogP) is 4.14. The highest BCUT2D eigenvalue weighted by Gasteiger charge is 2.20. The summed E-state index contributed by atoms with van der Waals surface area (Å²) in [6.45, 7) is 9.38. The van der Waals surface area contributed by atoms with Crippen LogP contribution in [0.2, 0.25) is 0 Å². The van der Waals surface area contributed by atoms with Gasteiger partial charge in [0.25, 0.3) is 0 Å². The van der Waals surface area contributed by atoms with Crippen molar-refractivity contribution in [2.24, 2.45) is 5.92 Å². The minimum Gasteiger partial charge on any atom is -0.368 e. The highest BCUT2D eigenvalue weighted by Crippen LogP contribution is 2.18. The molecule has 1 aromatic carbocycles. The van der Waals surface area contributed by atoms with Crippen molar-refractivity contribution in [1.29, 1.82) is 0 Å². The molecule has 0 radical (unpaired) electrons. The number of hydrogen-bond acceptors (Lipinski definition) is 3. The maximum atomic E-state index is 12.3. The summed E-state index contributed by atoms with van der Waals surface area (Å²) in [6, 6.07) is 7.77. The molecule has 4 nitrogen and oxygen atoms in total. The van der Waals surface area contributed by atoms with Crippen LogP contribution >= 0.6 is 0 Å². The van der Waals surface area contributed by atoms with Gasteiger partial charge < -0.3 is 9.80 Å². The number of nitrogens with zero attached hydrogens (tertiary/aromatic N) is 2. The Labute approximate surface area is 152 Å². The lowest BCUT2D eigenvalue weighted by molar-refractivity contribution is -0.131. The van der Waals surface area contributed by atoms with Crippen LogP contribution in [0.15, 0.2) is 24.3 Å². The molecular formula is C21H32N2O2. The van der Waals surface area contributed by atoms with E-state index in [0.717, 1.165) is 56.2 Å². The molecule has 1 amide bonds. The molecule has 2 rings (SSSR count). The van der Waals surface area contributed by atoms with E-state index in [-0.39, 0.29) is 5.78 Å². The lowest BCUT2D eigenvalue weighted by Crippen LogP contribution is -2.48. The lowest BCUT2D eigenvalue weighted by Gasteiger charge is -2.36. The Morgan fingerprint density at radius 2 is 1.60 bits per heavy atom. The van der Waals surface area contributed by atoms with E-state index >= 15 is 0 Å². The second-order valence-corrected chi connectivity index (χ2v) is 7.46. The van der Waals surface area contributed by atoms with E-state index in [1.807, 2.05) is 29.2 Å². The van der Waals surface area contributed by atoms with Gasteiger partial charge in [0.2, 0.25) is 5.91 Å². The highest BCUT2D eigenvalue weighted by molar-refractivity contribution is 5.94. The number of carbonyl (C=O) groups is 2. The number of ketones is 1. The maximum absolute atomic E-state index is 12.3. The molecule has 1 aliphatic heterocycles. The summed E-state index contributed by atoms with van der Waals surface area (Å²) >= 11 is 0. The lowest BCUT2D eigenvalue weighted by atomic mass is 10.0. The summed E-state index contributed by atoms with van der Waals surface area (Å²) in [6.07, 6.45) is 5.35. The van der Waals surface area contributed by atoms with Crippen molar-refractivity contribution in [2.45, 2.75) is 52.9 Å². The van der Waals surface area contributed by atoms with E-state index in [2.05, 4.69) is 18.7 Å². The Morgan fingerprint density at radius 1 is 0.960 bits per heavy atom. The van der Waals surface area contributed by atoms with E-state index in [1.54, 1.807) is 6.92 Å². The fraction of sp³-hybridized carbons (Fsp3) is 0.619. The van der Waals surface area contributed by atoms with Gasteiger partial charge in [-0.1, -0.05) is 33.1 Å². The van der Waals surface area contributed by atoms with E-state index in [1.165, 1.54) is 12.8 Å². The summed E-state index contributed by atoms with van der Waals surface area (Å²) in [7, 11) is 0. The predicted molar refractivity (Wildman–Crippen MR) is 103 cm³/mol. The minimum atomic E-state index is 0.0929. The maximum Gasteiger partial charge on any atom is 0.222 e. The fourth-order valence-electron chi connectivity index (χ4n) is 3.28. The average Bonchev–Trinajstić information content (AvgIpc) is 2.61. The molecule has 1 aliphatic rings. The number of hydrogen-bond donors (Lipinski definition) is 0. The number of anilines is 1. The van der Waals surface area contributed by atoms with Crippen molar-refractivity contribution < 1.29 is 9.59 Å². The molecule has 0 aromatic heterocycles. The Kier molecular flexibility index (Phi) is 7.48. The molecule has 0 bridgehead atoms. The quantitative estimate of drug-likeness (QED) is 0.525. The van der Waals surface area contributed by atoms with Gasteiger partial charge in [0.1, 0.15) is 0 Å². The SMILES string of the molecule is CC(=O)c1ccc(N2CCN(C(=O)CCCCCC(C)C)CC2)cc1. The first-order chi connectivity index (χ1) is 12.0. The average molecular weight is 344 g/mol. The van der Waals surface area contributed by atoms with Crippen LogP contribution in [-0.4, -0.2) is 42.8 Å². The first kappa shape index (κ1) is 19.5. The molecule has 1 fully saturated rings. The molecule has 1 heterocycles. The summed E-state index contributed by atoms with van der Waals surface area (Å²) in [4.78, 5) is 28.0. The molecule has 0 unspecified atom stereocenters. The number of benzene rings is 1. The zero-order valence-electron chi connectivity index (χ0n) is 16.0. The molecule has 0 saturated carbocycles. The second-order valence-electron chi connectivity index (χ2n) is 7.46. The number of Topliss-reactive ketones (excluding diaryl/α,β-unsaturated/α-hetero) is 1. The molecule has 0 N–H and O–H groups in total. The van der Waals surface area contributed by atoms with Crippen molar-refractivity contribution in [3.63, 3.8) is 0 Å². The summed E-state index contributed by atoms with van der Waals surface area (Å²) < 4.78 is 0. The topological polar surface area (TPSA) is 40.6 Å². The van der Waals surface area contributed by atoms with E-state index in [0.29, 0.717) is 12.3 Å². The number of carbonyl (C=O) groups excluding carboxylic acids is 2. The molecule has 0 atom stereocenters. The van der Waals surface area contributed by atoms with E-state index in [9.17, 15) is 9.59 Å². The van der Waals surface area contributed by atoms with Gasteiger partial charge in [0.05, 0.1) is 0 Å². The molecule has 4 heteroatoms. The molecular weight excluding hydrogens is 312 g/mol. The van der Waals surface area contributed by atoms with E-state index < -0.39 is 0 Å². The van der Waals surface area contributed by atoms with Gasteiger partial charge in [-0.05, 0) is 43.5 Å². The molecule has 25 heavy (non-hydrogen) atoms.